The lowest BCUT2D eigenvalue weighted by Crippen LogP contribution is -3.11. The third-order valence-electron chi connectivity index (χ3n) is 6.32. The van der Waals surface area contributed by atoms with Gasteiger partial charge >= 0.3 is 0 Å². The van der Waals surface area contributed by atoms with Gasteiger partial charge in [0.05, 0.1) is 24.1 Å². The highest BCUT2D eigenvalue weighted by Crippen LogP contribution is 2.26. The average Bonchev–Trinajstić information content (AvgIpc) is 3.36. The number of likely N-dealkylation sites (tertiary alicyclic amines) is 1. The average molecular weight is 421 g/mol. The van der Waals surface area contributed by atoms with E-state index < -0.39 is 0 Å². The number of quaternary nitrogens is 1. The number of piperidine rings is 1. The summed E-state index contributed by atoms with van der Waals surface area (Å²) in [4.78, 5) is 6.07. The van der Waals surface area contributed by atoms with Crippen molar-refractivity contribution in [3.63, 3.8) is 0 Å². The second-order valence-corrected chi connectivity index (χ2v) is 8.37. The minimum Gasteiger partial charge on any atom is -0.328 e. The van der Waals surface area contributed by atoms with Crippen molar-refractivity contribution in [2.75, 3.05) is 13.1 Å². The van der Waals surface area contributed by atoms with Crippen LogP contribution < -0.4 is 4.90 Å². The van der Waals surface area contributed by atoms with E-state index in [0.717, 1.165) is 68.1 Å². The molecule has 1 saturated heterocycles. The van der Waals surface area contributed by atoms with Crippen LogP contribution in [0, 0.1) is 12.7 Å². The number of rotatable bonds is 6. The first kappa shape index (κ1) is 19.8. The molecule has 3 heterocycles. The second-order valence-electron chi connectivity index (χ2n) is 8.37. The van der Waals surface area contributed by atoms with Crippen molar-refractivity contribution in [1.82, 2.24) is 29.8 Å². The maximum Gasteiger partial charge on any atom is 0.206 e. The highest BCUT2D eigenvalue weighted by atomic mass is 19.1. The quantitative estimate of drug-likeness (QED) is 0.519. The Bertz CT molecular complexity index is 1160. The number of nitrogens with zero attached hydrogens (tertiary/aromatic N) is 6. The fraction of sp³-hybridized carbons (Fsp3) is 0.391. The molecule has 0 bridgehead atoms. The minimum absolute atomic E-state index is 0.235. The van der Waals surface area contributed by atoms with Crippen molar-refractivity contribution in [3.05, 3.63) is 71.6 Å². The third kappa shape index (κ3) is 4.20. The van der Waals surface area contributed by atoms with Crippen LogP contribution in [0.2, 0.25) is 0 Å². The van der Waals surface area contributed by atoms with Crippen LogP contribution in [0.25, 0.3) is 11.0 Å². The molecule has 2 aromatic carbocycles. The number of imidazole rings is 1. The Hall–Kier alpha value is -3.13. The van der Waals surface area contributed by atoms with Gasteiger partial charge in [0.25, 0.3) is 0 Å². The highest BCUT2D eigenvalue weighted by molar-refractivity contribution is 5.76. The fourth-order valence-corrected chi connectivity index (χ4v) is 4.73. The van der Waals surface area contributed by atoms with Gasteiger partial charge in [-0.25, -0.2) is 14.1 Å². The van der Waals surface area contributed by atoms with Gasteiger partial charge in [-0.1, -0.05) is 30.3 Å². The van der Waals surface area contributed by atoms with Gasteiger partial charge in [0.2, 0.25) is 5.82 Å². The van der Waals surface area contributed by atoms with Crippen molar-refractivity contribution in [2.45, 2.75) is 45.3 Å². The zero-order valence-corrected chi connectivity index (χ0v) is 17.7. The molecule has 31 heavy (non-hydrogen) atoms. The summed E-state index contributed by atoms with van der Waals surface area (Å²) in [5.74, 6) is 1.67. The molecule has 160 valence electrons. The molecule has 0 atom stereocenters. The maximum atomic E-state index is 13.6. The van der Waals surface area contributed by atoms with Crippen LogP contribution in [0.1, 0.15) is 36.1 Å². The van der Waals surface area contributed by atoms with Crippen LogP contribution in [-0.2, 0) is 19.5 Å². The predicted octanol–water partition coefficient (Wildman–Crippen LogP) is 2.13. The van der Waals surface area contributed by atoms with E-state index in [1.807, 2.05) is 23.7 Å². The summed E-state index contributed by atoms with van der Waals surface area (Å²) in [6.07, 6.45) is 3.04. The summed E-state index contributed by atoms with van der Waals surface area (Å²) in [5.41, 5.74) is 3.06. The van der Waals surface area contributed by atoms with Crippen LogP contribution in [-0.4, -0.2) is 42.8 Å². The maximum absolute atomic E-state index is 13.6. The lowest BCUT2D eigenvalue weighted by molar-refractivity contribution is -0.920. The zero-order valence-electron chi connectivity index (χ0n) is 17.7. The number of aromatic nitrogens is 6. The first-order chi connectivity index (χ1) is 15.2. The van der Waals surface area contributed by atoms with Crippen LogP contribution in [0.4, 0.5) is 4.39 Å². The Balaban J connectivity index is 1.21. The smallest absolute Gasteiger partial charge is 0.206 e. The van der Waals surface area contributed by atoms with Gasteiger partial charge < -0.3 is 9.47 Å². The molecule has 5 rings (SSSR count). The largest absolute Gasteiger partial charge is 0.328 e. The number of halogens is 1. The molecule has 2 aromatic heterocycles. The molecule has 7 nitrogen and oxygen atoms in total. The molecule has 1 aliphatic rings. The molecule has 1 aliphatic heterocycles. The Morgan fingerprint density at radius 3 is 2.71 bits per heavy atom. The van der Waals surface area contributed by atoms with Gasteiger partial charge in [-0.2, -0.15) is 0 Å². The van der Waals surface area contributed by atoms with Gasteiger partial charge in [0.1, 0.15) is 18.2 Å². The van der Waals surface area contributed by atoms with Crippen molar-refractivity contribution < 1.29 is 9.29 Å². The standard InChI is InChI=1S/C23H26FN7/c1-17-25-21-15-19(24)7-8-22(21)31(17)20-10-12-29(13-11-20)16-23-26-27-28-30(23)14-9-18-5-3-2-4-6-18/h2-8,15,20H,9-14,16H2,1H3/p+1. The predicted molar refractivity (Wildman–Crippen MR) is 115 cm³/mol. The molecule has 0 aliphatic carbocycles. The van der Waals surface area contributed by atoms with Crippen LogP contribution >= 0.6 is 0 Å². The van der Waals surface area contributed by atoms with Gasteiger partial charge in [0.15, 0.2) is 0 Å². The molecule has 0 saturated carbocycles. The van der Waals surface area contributed by atoms with E-state index in [-0.39, 0.29) is 5.82 Å². The van der Waals surface area contributed by atoms with Crippen molar-refractivity contribution >= 4 is 11.0 Å². The topological polar surface area (TPSA) is 65.9 Å². The summed E-state index contributed by atoms with van der Waals surface area (Å²) in [5, 5.41) is 12.4. The summed E-state index contributed by atoms with van der Waals surface area (Å²) in [7, 11) is 0. The SMILES string of the molecule is Cc1nc2cc(F)ccc2n1C1CC[NH+](Cc2nnnn2CCc2ccccc2)CC1. The zero-order chi connectivity index (χ0) is 21.2. The van der Waals surface area contributed by atoms with Gasteiger partial charge in [0, 0.05) is 31.5 Å². The molecule has 0 amide bonds. The number of hydrogen-bond donors (Lipinski definition) is 1. The van der Waals surface area contributed by atoms with Gasteiger partial charge in [-0.15, -0.1) is 5.10 Å². The normalized spacial score (nSPS) is 19.2. The second kappa shape index (κ2) is 8.55. The number of fused-ring (bicyclic) bond motifs is 1. The summed E-state index contributed by atoms with van der Waals surface area (Å²) in [6, 6.07) is 15.7. The molecule has 0 radical (unpaired) electrons. The molecule has 0 unspecified atom stereocenters. The lowest BCUT2D eigenvalue weighted by atomic mass is 10.0. The van der Waals surface area contributed by atoms with E-state index in [1.54, 1.807) is 0 Å². The summed E-state index contributed by atoms with van der Waals surface area (Å²) >= 11 is 0. The highest BCUT2D eigenvalue weighted by Gasteiger charge is 2.27. The Morgan fingerprint density at radius 1 is 1.10 bits per heavy atom. The van der Waals surface area contributed by atoms with Crippen molar-refractivity contribution in [2.24, 2.45) is 0 Å². The van der Waals surface area contributed by atoms with Crippen LogP contribution in [0.5, 0.6) is 0 Å². The van der Waals surface area contributed by atoms with E-state index in [4.69, 9.17) is 0 Å². The molecule has 4 aromatic rings. The Kier molecular flexibility index (Phi) is 5.46. The number of nitrogens with one attached hydrogen (secondary N) is 1. The van der Waals surface area contributed by atoms with Gasteiger partial charge in [-0.3, -0.25) is 0 Å². The first-order valence-electron chi connectivity index (χ1n) is 10.9. The monoisotopic (exact) mass is 420 g/mol. The lowest BCUT2D eigenvalue weighted by Gasteiger charge is -2.30. The van der Waals surface area contributed by atoms with E-state index in [9.17, 15) is 4.39 Å². The molecule has 8 heteroatoms. The van der Waals surface area contributed by atoms with Crippen LogP contribution in [0.15, 0.2) is 48.5 Å². The van der Waals surface area contributed by atoms with E-state index in [0.29, 0.717) is 6.04 Å². The molecular formula is C23H27FN7+. The minimum atomic E-state index is -0.235. The summed E-state index contributed by atoms with van der Waals surface area (Å²) < 4.78 is 17.8. The number of hydrogen-bond acceptors (Lipinski definition) is 4. The molecule has 1 N–H and O–H groups in total. The number of aryl methyl sites for hydroxylation is 3. The third-order valence-corrected chi connectivity index (χ3v) is 6.32. The Labute approximate surface area is 180 Å². The fourth-order valence-electron chi connectivity index (χ4n) is 4.73. The van der Waals surface area contributed by atoms with Gasteiger partial charge in [-0.05, 0) is 41.5 Å². The molecule has 1 fully saturated rings. The van der Waals surface area contributed by atoms with Crippen molar-refractivity contribution in [1.29, 1.82) is 0 Å². The first-order valence-corrected chi connectivity index (χ1v) is 10.9. The number of tetrazole rings is 1. The molecular weight excluding hydrogens is 393 g/mol. The van der Waals surface area contributed by atoms with E-state index in [1.165, 1.54) is 22.6 Å². The van der Waals surface area contributed by atoms with Crippen molar-refractivity contribution in [3.8, 4) is 0 Å². The Morgan fingerprint density at radius 2 is 1.90 bits per heavy atom. The summed E-state index contributed by atoms with van der Waals surface area (Å²) in [6.45, 7) is 5.74. The van der Waals surface area contributed by atoms with Crippen LogP contribution in [0.3, 0.4) is 0 Å². The number of benzene rings is 2. The van der Waals surface area contributed by atoms with E-state index >= 15 is 0 Å². The molecule has 0 spiro atoms. The van der Waals surface area contributed by atoms with E-state index in [2.05, 4.69) is 49.3 Å².